The predicted octanol–water partition coefficient (Wildman–Crippen LogP) is 1.21. The molecule has 2 aliphatic rings. The van der Waals surface area contributed by atoms with Crippen molar-refractivity contribution in [3.63, 3.8) is 0 Å². The molecule has 1 amide bonds. The van der Waals surface area contributed by atoms with E-state index in [0.29, 0.717) is 17.1 Å². The number of Topliss-reactive ketones (excluding diaryl/α,β-unsaturated/α-hetero) is 1. The first-order valence-corrected chi connectivity index (χ1v) is 4.75. The molecular weight excluding hydrogens is 210 g/mol. The van der Waals surface area contributed by atoms with E-state index in [2.05, 4.69) is 4.99 Å². The molecule has 0 saturated carbocycles. The summed E-state index contributed by atoms with van der Waals surface area (Å²) in [5, 5.41) is 0. The minimum absolute atomic E-state index is 0.112. The Kier molecular flexibility index (Phi) is 1.65. The number of nitrogens with zero attached hydrogens (tertiary/aromatic N) is 1. The number of aliphatic imine (C=N–C) groups is 1. The van der Waals surface area contributed by atoms with Crippen LogP contribution in [0.2, 0.25) is 0 Å². The molecule has 0 radical (unpaired) electrons. The van der Waals surface area contributed by atoms with Crippen LogP contribution >= 0.6 is 0 Å². The molecule has 0 aromatic heterocycles. The third-order valence-corrected chi connectivity index (χ3v) is 2.59. The number of hydrogen-bond acceptors (Lipinski definition) is 4. The van der Waals surface area contributed by atoms with Crippen molar-refractivity contribution in [1.29, 1.82) is 0 Å². The zero-order valence-electron chi connectivity index (χ0n) is 8.44. The highest BCUT2D eigenvalue weighted by molar-refractivity contribution is 6.50. The normalized spacial score (nSPS) is 17.2. The Morgan fingerprint density at radius 2 is 1.75 bits per heavy atom. The number of rotatable bonds is 0. The van der Waals surface area contributed by atoms with Crippen molar-refractivity contribution in [2.45, 2.75) is 6.92 Å². The summed E-state index contributed by atoms with van der Waals surface area (Å²) in [4.78, 5) is 27.1. The molecule has 0 aliphatic carbocycles. The molecule has 0 N–H and O–H groups in total. The third-order valence-electron chi connectivity index (χ3n) is 2.59. The van der Waals surface area contributed by atoms with Crippen LogP contribution in [0, 0.1) is 0 Å². The number of hydrogen-bond donors (Lipinski definition) is 0. The monoisotopic (exact) mass is 217 g/mol. The van der Waals surface area contributed by atoms with Crippen LogP contribution in [0.3, 0.4) is 0 Å². The van der Waals surface area contributed by atoms with Crippen LogP contribution in [-0.2, 0) is 0 Å². The minimum atomic E-state index is -0.412. The van der Waals surface area contributed by atoms with Crippen LogP contribution in [0.4, 0.5) is 0 Å². The van der Waals surface area contributed by atoms with E-state index in [4.69, 9.17) is 9.47 Å². The summed E-state index contributed by atoms with van der Waals surface area (Å²) in [7, 11) is 0. The fourth-order valence-electron chi connectivity index (χ4n) is 1.76. The molecule has 0 atom stereocenters. The van der Waals surface area contributed by atoms with Gasteiger partial charge in [0.1, 0.15) is 0 Å². The van der Waals surface area contributed by atoms with Crippen molar-refractivity contribution in [1.82, 2.24) is 0 Å². The Balaban J connectivity index is 2.25. The molecule has 3 rings (SSSR count). The number of carbonyl (C=O) groups excluding carboxylic acids is 2. The summed E-state index contributed by atoms with van der Waals surface area (Å²) < 4.78 is 10.3. The van der Waals surface area contributed by atoms with Gasteiger partial charge in [-0.05, 0) is 19.1 Å². The van der Waals surface area contributed by atoms with Crippen LogP contribution in [0.25, 0.3) is 0 Å². The lowest BCUT2D eigenvalue weighted by atomic mass is 9.97. The maximum absolute atomic E-state index is 11.8. The standard InChI is InChI=1S/C11H7NO4/c1-5-10(13)6-2-8-9(16-4-15-8)3-7(6)11(14)12-5/h2-3H,4H2,1H3. The van der Waals surface area contributed by atoms with E-state index < -0.39 is 5.91 Å². The second-order valence-electron chi connectivity index (χ2n) is 3.58. The van der Waals surface area contributed by atoms with Gasteiger partial charge in [-0.2, -0.15) is 0 Å². The molecule has 1 aromatic carbocycles. The van der Waals surface area contributed by atoms with Crippen molar-refractivity contribution in [2.24, 2.45) is 4.99 Å². The molecule has 5 heteroatoms. The molecule has 0 unspecified atom stereocenters. The summed E-state index contributed by atoms with van der Waals surface area (Å²) >= 11 is 0. The molecule has 0 saturated heterocycles. The lowest BCUT2D eigenvalue weighted by Crippen LogP contribution is -2.21. The van der Waals surface area contributed by atoms with Gasteiger partial charge >= 0.3 is 0 Å². The Morgan fingerprint density at radius 1 is 1.12 bits per heavy atom. The van der Waals surface area contributed by atoms with Gasteiger partial charge in [-0.1, -0.05) is 0 Å². The quantitative estimate of drug-likeness (QED) is 0.655. The number of ketones is 1. The van der Waals surface area contributed by atoms with Gasteiger partial charge in [0, 0.05) is 5.56 Å². The second-order valence-corrected chi connectivity index (χ2v) is 3.58. The topological polar surface area (TPSA) is 65.0 Å². The molecule has 0 spiro atoms. The second kappa shape index (κ2) is 2.91. The largest absolute Gasteiger partial charge is 0.454 e. The Hall–Kier alpha value is -2.17. The minimum Gasteiger partial charge on any atom is -0.454 e. The van der Waals surface area contributed by atoms with Gasteiger partial charge in [0.15, 0.2) is 11.5 Å². The first kappa shape index (κ1) is 9.08. The summed E-state index contributed by atoms with van der Waals surface area (Å²) in [6, 6.07) is 3.05. The molecule has 16 heavy (non-hydrogen) atoms. The fraction of sp³-hybridized carbons (Fsp3) is 0.182. The first-order valence-electron chi connectivity index (χ1n) is 4.75. The van der Waals surface area contributed by atoms with Crippen LogP contribution in [0.1, 0.15) is 27.6 Å². The Morgan fingerprint density at radius 3 is 2.44 bits per heavy atom. The number of ether oxygens (including phenoxy) is 2. The molecule has 2 heterocycles. The van der Waals surface area contributed by atoms with E-state index in [1.54, 1.807) is 0 Å². The van der Waals surface area contributed by atoms with E-state index in [9.17, 15) is 9.59 Å². The first-order chi connectivity index (χ1) is 7.66. The summed E-state index contributed by atoms with van der Waals surface area (Å²) in [5.41, 5.74) is 0.818. The van der Waals surface area contributed by atoms with Crippen molar-refractivity contribution < 1.29 is 19.1 Å². The van der Waals surface area contributed by atoms with Gasteiger partial charge in [-0.3, -0.25) is 9.59 Å². The summed E-state index contributed by atoms with van der Waals surface area (Å²) in [6.07, 6.45) is 0. The van der Waals surface area contributed by atoms with Gasteiger partial charge in [-0.15, -0.1) is 0 Å². The summed E-state index contributed by atoms with van der Waals surface area (Å²) in [5.74, 6) is 0.322. The van der Waals surface area contributed by atoms with Crippen molar-refractivity contribution in [2.75, 3.05) is 6.79 Å². The van der Waals surface area contributed by atoms with E-state index in [1.807, 2.05) is 0 Å². The van der Waals surface area contributed by atoms with E-state index >= 15 is 0 Å². The van der Waals surface area contributed by atoms with Crippen LogP contribution in [0.5, 0.6) is 11.5 Å². The van der Waals surface area contributed by atoms with E-state index in [0.717, 1.165) is 0 Å². The van der Waals surface area contributed by atoms with Crippen molar-refractivity contribution >= 4 is 17.4 Å². The molecule has 80 valence electrons. The average Bonchev–Trinajstić information content (AvgIpc) is 2.71. The van der Waals surface area contributed by atoms with E-state index in [1.165, 1.54) is 19.1 Å². The third kappa shape index (κ3) is 1.08. The number of benzene rings is 1. The Labute approximate surface area is 90.7 Å². The van der Waals surface area contributed by atoms with Crippen molar-refractivity contribution in [3.8, 4) is 11.5 Å². The molecular formula is C11H7NO4. The maximum atomic E-state index is 11.8. The summed E-state index contributed by atoms with van der Waals surface area (Å²) in [6.45, 7) is 1.63. The zero-order valence-corrected chi connectivity index (χ0v) is 8.44. The van der Waals surface area contributed by atoms with Crippen LogP contribution in [0.15, 0.2) is 17.1 Å². The average molecular weight is 217 g/mol. The number of amides is 1. The smallest absolute Gasteiger partial charge is 0.278 e. The fourth-order valence-corrected chi connectivity index (χ4v) is 1.76. The van der Waals surface area contributed by atoms with Gasteiger partial charge < -0.3 is 9.47 Å². The van der Waals surface area contributed by atoms with Gasteiger partial charge in [0.05, 0.1) is 11.3 Å². The van der Waals surface area contributed by atoms with Gasteiger partial charge in [0.2, 0.25) is 12.6 Å². The van der Waals surface area contributed by atoms with Crippen LogP contribution < -0.4 is 9.47 Å². The molecule has 0 bridgehead atoms. The Bertz CT molecular complexity index is 559. The van der Waals surface area contributed by atoms with Gasteiger partial charge in [0.25, 0.3) is 5.91 Å². The highest BCUT2D eigenvalue weighted by Crippen LogP contribution is 2.36. The molecule has 0 fully saturated rings. The highest BCUT2D eigenvalue weighted by atomic mass is 16.7. The molecule has 5 nitrogen and oxygen atoms in total. The zero-order chi connectivity index (χ0) is 11.3. The number of carbonyl (C=O) groups is 2. The number of fused-ring (bicyclic) bond motifs is 2. The lowest BCUT2D eigenvalue weighted by molar-refractivity contribution is 0.0973. The lowest BCUT2D eigenvalue weighted by Gasteiger charge is -2.11. The highest BCUT2D eigenvalue weighted by Gasteiger charge is 2.28. The van der Waals surface area contributed by atoms with Crippen molar-refractivity contribution in [3.05, 3.63) is 23.3 Å². The van der Waals surface area contributed by atoms with E-state index in [-0.39, 0.29) is 23.9 Å². The molecule has 1 aromatic rings. The predicted molar refractivity (Wildman–Crippen MR) is 54.3 cm³/mol. The maximum Gasteiger partial charge on any atom is 0.278 e. The van der Waals surface area contributed by atoms with Gasteiger partial charge in [-0.25, -0.2) is 4.99 Å². The molecule has 2 aliphatic heterocycles. The van der Waals surface area contributed by atoms with Crippen LogP contribution in [-0.4, -0.2) is 24.2 Å². The SMILES string of the molecule is CC1=NC(=O)c2cc3c(cc2C1=O)OCO3.